The van der Waals surface area contributed by atoms with Gasteiger partial charge in [-0.1, -0.05) is 0 Å². The normalized spacial score (nSPS) is 15.8. The summed E-state index contributed by atoms with van der Waals surface area (Å²) in [7, 11) is 0. The predicted molar refractivity (Wildman–Crippen MR) is 14.6 cm³/mol. The van der Waals surface area contributed by atoms with E-state index in [1.54, 1.807) is 0 Å². The molecule has 0 amide bonds. The number of hydrogen-bond acceptors (Lipinski definition) is 0. The molecule has 6 heavy (non-hydrogen) atoms. The van der Waals surface area contributed by atoms with Crippen LogP contribution >= 0.6 is 0 Å². The Balaban J connectivity index is -0.0000000300. The minimum Gasteiger partial charge on any atom is -1.00 e. The van der Waals surface area contributed by atoms with Crippen molar-refractivity contribution in [2.45, 2.75) is 0 Å². The van der Waals surface area contributed by atoms with Crippen molar-refractivity contribution in [3.8, 4) is 0 Å². The van der Waals surface area contributed by atoms with Gasteiger partial charge in [-0.25, -0.2) is 0 Å². The zero-order valence-electron chi connectivity index (χ0n) is 7.66. The average Bonchev–Trinajstić information content (AvgIpc) is 1.31. The summed E-state index contributed by atoms with van der Waals surface area (Å²) in [4.78, 5) is 0. The van der Waals surface area contributed by atoms with Gasteiger partial charge < -0.3 is 56.7 Å². The monoisotopic (exact) mass is 482 g/mol. The maximum absolute atomic E-state index is 6.31. The topological polar surface area (TPSA) is 27.6 Å². The van der Waals surface area contributed by atoms with Crippen LogP contribution in [0.3, 0.4) is 0 Å². The van der Waals surface area contributed by atoms with Gasteiger partial charge in [0, 0.05) is 0 Å². The molecule has 0 aromatic heterocycles. The molecular formula is CH6Br3NPb. The third-order valence-electron chi connectivity index (χ3n) is 0. The predicted octanol–water partition coefficient (Wildman–Crippen LogP) is -10.5. The van der Waals surface area contributed by atoms with Gasteiger partial charge in [0.15, 0.2) is 0 Å². The van der Waals surface area contributed by atoms with Crippen molar-refractivity contribution >= 4 is 27.3 Å². The van der Waals surface area contributed by atoms with Gasteiger partial charge in [-0.3, -0.25) is 0 Å². The fourth-order valence-corrected chi connectivity index (χ4v) is 0. The van der Waals surface area contributed by atoms with E-state index in [1.807, 2.05) is 0 Å². The van der Waals surface area contributed by atoms with Crippen LogP contribution in [-0.4, -0.2) is 34.3 Å². The molecule has 0 aromatic rings. The molecule has 0 atom stereocenters. The largest absolute Gasteiger partial charge is 2.00 e. The molecule has 5 heteroatoms. The molecule has 0 bridgehead atoms. The molecule has 0 aliphatic carbocycles. The summed E-state index contributed by atoms with van der Waals surface area (Å²) in [6, 6.07) is 0. The third-order valence-corrected chi connectivity index (χ3v) is 0. The Morgan fingerprint density at radius 2 is 1.67 bits per heavy atom. The number of quaternary nitrogens is 1. The SMILES string of the molecule is [2H]C([2H])[N+]([2H])([2H])[2H].[Br-].[Br-].[Br-].[Pb+2]. The Morgan fingerprint density at radius 3 is 1.67 bits per heavy atom. The zero-order valence-corrected chi connectivity index (χ0v) is 11.3. The first-order chi connectivity index (χ1) is 2.94. The van der Waals surface area contributed by atoms with E-state index in [0.29, 0.717) is 0 Å². The van der Waals surface area contributed by atoms with Gasteiger partial charge >= 0.3 is 31.5 Å². The quantitative estimate of drug-likeness (QED) is 0.332. The van der Waals surface area contributed by atoms with Crippen molar-refractivity contribution in [1.29, 1.82) is 0 Å². The van der Waals surface area contributed by atoms with Crippen LogP contribution in [0, 0.1) is 0 Å². The fourth-order valence-electron chi connectivity index (χ4n) is 0. The average molecular weight is 484 g/mol. The molecule has 40 valence electrons. The smallest absolute Gasteiger partial charge is 1.00 e. The first kappa shape index (κ1) is 6.44. The molecule has 1 nitrogen and oxygen atoms in total. The number of halogens is 3. The van der Waals surface area contributed by atoms with Gasteiger partial charge in [-0.15, -0.1) is 0 Å². The zero-order chi connectivity index (χ0) is 6.08. The van der Waals surface area contributed by atoms with Crippen LogP contribution in [0.5, 0.6) is 0 Å². The summed E-state index contributed by atoms with van der Waals surface area (Å²) in [6.45, 7) is -1.76. The molecular weight excluding hydrogens is 473 g/mol. The van der Waals surface area contributed by atoms with Crippen LogP contribution < -0.4 is 56.7 Å². The van der Waals surface area contributed by atoms with Crippen LogP contribution in [0.25, 0.3) is 0 Å². The molecule has 0 rings (SSSR count). The second kappa shape index (κ2) is 54.3. The molecule has 0 aliphatic rings. The minimum atomic E-state index is -1.86. The molecule has 3 N–H and O–H groups in total. The maximum atomic E-state index is 6.31. The summed E-state index contributed by atoms with van der Waals surface area (Å²) in [6.07, 6.45) is 0. The van der Waals surface area contributed by atoms with Crippen LogP contribution in [0.1, 0.15) is 2.74 Å². The Labute approximate surface area is 97.1 Å². The van der Waals surface area contributed by atoms with E-state index < -0.39 is 12.7 Å². The number of rotatable bonds is 0. The molecule has 0 heterocycles. The molecule has 0 aromatic carbocycles. The molecule has 0 unspecified atom stereocenters. The van der Waals surface area contributed by atoms with Crippen LogP contribution in [0.2, 0.25) is 4.24 Å². The van der Waals surface area contributed by atoms with Crippen LogP contribution in [-0.2, 0) is 0 Å². The number of hydrogen-bond donors (Lipinski definition) is 1. The van der Waals surface area contributed by atoms with Gasteiger partial charge in [0.2, 0.25) is 0 Å². The molecule has 0 fully saturated rings. The Hall–Kier alpha value is 2.32. The van der Waals surface area contributed by atoms with E-state index in [0.717, 1.165) is 0 Å². The second-order valence-corrected chi connectivity index (χ2v) is 0. The summed E-state index contributed by atoms with van der Waals surface area (Å²) < 4.78 is 31.5. The standard InChI is InChI=1S/CH5N.3BrH.Pb/c1-2;;;;/h2H2,1H3;3*1H;/q;;;;+2/p-2/i1D2;;;;/hD3. The first-order valence-corrected chi connectivity index (χ1v) is 0.258. The van der Waals surface area contributed by atoms with Crippen molar-refractivity contribution in [2.24, 2.45) is 0 Å². The van der Waals surface area contributed by atoms with E-state index in [4.69, 9.17) is 6.98 Å². The summed E-state index contributed by atoms with van der Waals surface area (Å²) in [5.74, 6) is 0. The van der Waals surface area contributed by atoms with Gasteiger partial charge in [0.25, 0.3) is 0 Å². The second-order valence-electron chi connectivity index (χ2n) is 0. The van der Waals surface area contributed by atoms with Crippen molar-refractivity contribution in [2.75, 3.05) is 7.00 Å². The van der Waals surface area contributed by atoms with Crippen LogP contribution in [0.15, 0.2) is 0 Å². The van der Waals surface area contributed by atoms with E-state index in [-0.39, 0.29) is 78.2 Å². The minimum absolute atomic E-state index is 0. The van der Waals surface area contributed by atoms with Crippen molar-refractivity contribution in [3.05, 3.63) is 0 Å². The maximum Gasteiger partial charge on any atom is 2.00 e. The Bertz CT molecular complexity index is 67.2. The van der Waals surface area contributed by atoms with E-state index in [9.17, 15) is 0 Å². The van der Waals surface area contributed by atoms with Gasteiger partial charge in [0.1, 0.15) is 0 Å². The van der Waals surface area contributed by atoms with E-state index >= 15 is 0 Å². The van der Waals surface area contributed by atoms with Crippen molar-refractivity contribution in [3.63, 3.8) is 0 Å². The van der Waals surface area contributed by atoms with Crippen molar-refractivity contribution < 1.29 is 63.6 Å². The summed E-state index contributed by atoms with van der Waals surface area (Å²) >= 11 is 0. The van der Waals surface area contributed by atoms with Gasteiger partial charge in [0.05, 0.1) is 9.74 Å². The first-order valence-electron chi connectivity index (χ1n) is 2.75. The Kier molecular flexibility index (Phi) is 58.3. The summed E-state index contributed by atoms with van der Waals surface area (Å²) in [5.41, 5.74) is -1.86. The van der Waals surface area contributed by atoms with Crippen molar-refractivity contribution in [1.82, 2.24) is 0 Å². The van der Waals surface area contributed by atoms with Crippen LogP contribution in [0.4, 0.5) is 0 Å². The van der Waals surface area contributed by atoms with Gasteiger partial charge in [-0.2, -0.15) is 0 Å². The molecule has 0 saturated heterocycles. The molecule has 2 radical (unpaired) electrons. The third kappa shape index (κ3) is 33.2. The molecule has 0 spiro atoms. The summed E-state index contributed by atoms with van der Waals surface area (Å²) in [5, 5.41) is 0. The molecule has 0 aliphatic heterocycles. The van der Waals surface area contributed by atoms with E-state index in [1.165, 1.54) is 0 Å². The molecule has 0 saturated carbocycles. The van der Waals surface area contributed by atoms with E-state index in [2.05, 4.69) is 0 Å². The van der Waals surface area contributed by atoms with Gasteiger partial charge in [-0.05, 0) is 0 Å². The Morgan fingerprint density at radius 1 is 1.50 bits per heavy atom. The fraction of sp³-hybridized carbons (Fsp3) is 1.00.